The first-order chi connectivity index (χ1) is 7.97. The number of rotatable bonds is 2. The Labute approximate surface area is 103 Å². The summed E-state index contributed by atoms with van der Waals surface area (Å²) in [5, 5.41) is 0. The SMILES string of the molecule is CC(C)(C)[S@+]([O-])N=Cc1cc2ncccc2o1. The summed E-state index contributed by atoms with van der Waals surface area (Å²) in [5.41, 5.74) is 1.48. The van der Waals surface area contributed by atoms with Crippen LogP contribution in [-0.2, 0) is 11.4 Å². The Morgan fingerprint density at radius 3 is 2.88 bits per heavy atom. The third-order valence-corrected chi connectivity index (χ3v) is 3.45. The Morgan fingerprint density at radius 2 is 2.24 bits per heavy atom. The average Bonchev–Trinajstić information content (AvgIpc) is 2.66. The van der Waals surface area contributed by atoms with Crippen LogP contribution in [0.4, 0.5) is 0 Å². The second-order valence-electron chi connectivity index (χ2n) is 4.63. The van der Waals surface area contributed by atoms with Crippen LogP contribution in [0.1, 0.15) is 26.5 Å². The zero-order valence-electron chi connectivity index (χ0n) is 10.0. The highest BCUT2D eigenvalue weighted by Gasteiger charge is 2.25. The number of aromatic nitrogens is 1. The molecule has 0 aromatic carbocycles. The molecule has 2 rings (SSSR count). The summed E-state index contributed by atoms with van der Waals surface area (Å²) in [6, 6.07) is 5.42. The molecule has 0 aliphatic rings. The summed E-state index contributed by atoms with van der Waals surface area (Å²) in [7, 11) is 0. The molecule has 90 valence electrons. The van der Waals surface area contributed by atoms with Crippen LogP contribution in [0.3, 0.4) is 0 Å². The van der Waals surface area contributed by atoms with Crippen molar-refractivity contribution in [2.75, 3.05) is 0 Å². The molecule has 0 saturated heterocycles. The second kappa shape index (κ2) is 4.50. The number of fused-ring (bicyclic) bond motifs is 1. The van der Waals surface area contributed by atoms with Gasteiger partial charge in [0.25, 0.3) is 0 Å². The van der Waals surface area contributed by atoms with E-state index in [1.165, 1.54) is 6.21 Å². The van der Waals surface area contributed by atoms with Gasteiger partial charge in [-0.05, 0) is 32.9 Å². The van der Waals surface area contributed by atoms with E-state index in [2.05, 4.69) is 9.38 Å². The number of furan rings is 1. The number of hydrogen-bond acceptors (Lipinski definition) is 4. The molecule has 2 aromatic rings. The molecule has 2 aromatic heterocycles. The van der Waals surface area contributed by atoms with Crippen LogP contribution in [0.25, 0.3) is 11.1 Å². The van der Waals surface area contributed by atoms with Crippen LogP contribution < -0.4 is 0 Å². The quantitative estimate of drug-likeness (QED) is 0.608. The zero-order valence-corrected chi connectivity index (χ0v) is 10.8. The van der Waals surface area contributed by atoms with Gasteiger partial charge < -0.3 is 8.97 Å². The first kappa shape index (κ1) is 12.1. The first-order valence-electron chi connectivity index (χ1n) is 5.27. The van der Waals surface area contributed by atoms with Gasteiger partial charge >= 0.3 is 0 Å². The van der Waals surface area contributed by atoms with Crippen LogP contribution in [0.2, 0.25) is 0 Å². The normalized spacial score (nSPS) is 14.6. The van der Waals surface area contributed by atoms with Gasteiger partial charge in [-0.1, -0.05) is 4.40 Å². The van der Waals surface area contributed by atoms with Crippen LogP contribution in [0, 0.1) is 0 Å². The molecule has 0 bridgehead atoms. The van der Waals surface area contributed by atoms with Crippen molar-refractivity contribution in [1.29, 1.82) is 0 Å². The molecule has 0 radical (unpaired) electrons. The molecule has 0 spiro atoms. The molecule has 1 atom stereocenters. The van der Waals surface area contributed by atoms with Crippen LogP contribution in [0.5, 0.6) is 0 Å². The van der Waals surface area contributed by atoms with Gasteiger partial charge in [-0.25, -0.2) is 0 Å². The maximum Gasteiger partial charge on any atom is 0.153 e. The Hall–Kier alpha value is -1.33. The van der Waals surface area contributed by atoms with Gasteiger partial charge in [0.05, 0.1) is 0 Å². The second-order valence-corrected chi connectivity index (χ2v) is 6.57. The predicted octanol–water partition coefficient (Wildman–Crippen LogP) is 2.71. The molecule has 0 aliphatic carbocycles. The van der Waals surface area contributed by atoms with E-state index in [0.29, 0.717) is 11.3 Å². The summed E-state index contributed by atoms with van der Waals surface area (Å²) in [6.07, 6.45) is 3.19. The van der Waals surface area contributed by atoms with Crippen LogP contribution in [0.15, 0.2) is 33.2 Å². The Balaban J connectivity index is 2.21. The maximum atomic E-state index is 11.7. The predicted molar refractivity (Wildman–Crippen MR) is 69.5 cm³/mol. The van der Waals surface area contributed by atoms with E-state index in [9.17, 15) is 4.55 Å². The minimum absolute atomic E-state index is 0.360. The smallest absolute Gasteiger partial charge is 0.153 e. The maximum absolute atomic E-state index is 11.7. The van der Waals surface area contributed by atoms with Gasteiger partial charge in [0.2, 0.25) is 0 Å². The number of hydrogen-bond donors (Lipinski definition) is 0. The molecule has 0 aliphatic heterocycles. The Bertz CT molecular complexity index is 510. The van der Waals surface area contributed by atoms with Crippen LogP contribution >= 0.6 is 0 Å². The Kier molecular flexibility index (Phi) is 3.22. The summed E-state index contributed by atoms with van der Waals surface area (Å²) >= 11 is -1.27. The van der Waals surface area contributed by atoms with Crippen molar-refractivity contribution < 1.29 is 8.97 Å². The van der Waals surface area contributed by atoms with Gasteiger partial charge in [-0.3, -0.25) is 4.98 Å². The lowest BCUT2D eigenvalue weighted by atomic mass is 10.3. The Morgan fingerprint density at radius 1 is 1.47 bits per heavy atom. The molecule has 0 fully saturated rings. The first-order valence-corrected chi connectivity index (χ1v) is 6.38. The van der Waals surface area contributed by atoms with Gasteiger partial charge in [-0.2, -0.15) is 0 Å². The number of nitrogens with zero attached hydrogens (tertiary/aromatic N) is 2. The monoisotopic (exact) mass is 250 g/mol. The van der Waals surface area contributed by atoms with Crippen molar-refractivity contribution in [2.45, 2.75) is 25.5 Å². The van der Waals surface area contributed by atoms with E-state index in [1.807, 2.05) is 26.8 Å². The van der Waals surface area contributed by atoms with Crippen molar-refractivity contribution >= 4 is 28.7 Å². The van der Waals surface area contributed by atoms with Crippen molar-refractivity contribution in [1.82, 2.24) is 4.98 Å². The third kappa shape index (κ3) is 2.87. The lowest BCUT2D eigenvalue weighted by Gasteiger charge is -2.17. The van der Waals surface area contributed by atoms with E-state index in [0.717, 1.165) is 5.52 Å². The lowest BCUT2D eigenvalue weighted by Crippen LogP contribution is -2.25. The van der Waals surface area contributed by atoms with Crippen molar-refractivity contribution in [2.24, 2.45) is 4.40 Å². The van der Waals surface area contributed by atoms with E-state index in [4.69, 9.17) is 4.42 Å². The highest BCUT2D eigenvalue weighted by molar-refractivity contribution is 7.91. The molecule has 0 unspecified atom stereocenters. The summed E-state index contributed by atoms with van der Waals surface area (Å²) in [5.74, 6) is 0.566. The molecule has 0 saturated carbocycles. The molecule has 0 N–H and O–H groups in total. The molecular weight excluding hydrogens is 236 g/mol. The fraction of sp³-hybridized carbons (Fsp3) is 0.333. The fourth-order valence-corrected chi connectivity index (χ4v) is 1.73. The molecule has 2 heterocycles. The zero-order chi connectivity index (χ0) is 12.5. The van der Waals surface area contributed by atoms with E-state index >= 15 is 0 Å². The van der Waals surface area contributed by atoms with Crippen molar-refractivity contribution in [3.05, 3.63) is 30.2 Å². The third-order valence-electron chi connectivity index (χ3n) is 2.11. The van der Waals surface area contributed by atoms with E-state index < -0.39 is 11.4 Å². The molecule has 0 amide bonds. The summed E-state index contributed by atoms with van der Waals surface area (Å²) in [6.45, 7) is 5.63. The molecule has 4 nitrogen and oxygen atoms in total. The van der Waals surface area contributed by atoms with Crippen LogP contribution in [-0.4, -0.2) is 20.5 Å². The minimum Gasteiger partial charge on any atom is -0.591 e. The van der Waals surface area contributed by atoms with Gasteiger partial charge in [0.15, 0.2) is 11.3 Å². The minimum atomic E-state index is -1.27. The molecule has 5 heteroatoms. The van der Waals surface area contributed by atoms with E-state index in [-0.39, 0.29) is 4.75 Å². The fourth-order valence-electron chi connectivity index (χ4n) is 1.21. The topological polar surface area (TPSA) is 61.5 Å². The average molecular weight is 250 g/mol. The highest BCUT2D eigenvalue weighted by atomic mass is 32.2. The van der Waals surface area contributed by atoms with Gasteiger partial charge in [0, 0.05) is 12.3 Å². The lowest BCUT2D eigenvalue weighted by molar-refractivity contribution is 0.561. The van der Waals surface area contributed by atoms with Crippen molar-refractivity contribution in [3.63, 3.8) is 0 Å². The standard InChI is InChI=1S/C12H14N2O2S/c1-12(2,3)17(15)14-8-9-7-10-11(16-9)5-4-6-13-10/h4-8H,1-3H3/t17-/m0/s1. The van der Waals surface area contributed by atoms with Gasteiger partial charge in [0.1, 0.15) is 27.8 Å². The van der Waals surface area contributed by atoms with Gasteiger partial charge in [-0.15, -0.1) is 0 Å². The molecule has 17 heavy (non-hydrogen) atoms. The highest BCUT2D eigenvalue weighted by Crippen LogP contribution is 2.18. The van der Waals surface area contributed by atoms with Crippen molar-refractivity contribution in [3.8, 4) is 0 Å². The van der Waals surface area contributed by atoms with E-state index in [1.54, 1.807) is 18.3 Å². The largest absolute Gasteiger partial charge is 0.591 e. The molecular formula is C12H14N2O2S. The summed E-state index contributed by atoms with van der Waals surface area (Å²) < 4.78 is 20.8. The number of pyridine rings is 1. The summed E-state index contributed by atoms with van der Waals surface area (Å²) in [4.78, 5) is 4.15.